The van der Waals surface area contributed by atoms with Crippen molar-refractivity contribution in [2.75, 3.05) is 44.2 Å². The number of hydrogen-bond donors (Lipinski definition) is 2. The third-order valence-corrected chi connectivity index (χ3v) is 7.16. The number of carbonyl (C=O) groups is 2. The quantitative estimate of drug-likeness (QED) is 0.253. The van der Waals surface area contributed by atoms with Crippen molar-refractivity contribution in [3.8, 4) is 0 Å². The molecule has 2 heterocycles. The number of nitrogens with zero attached hydrogens (tertiary/aromatic N) is 3. The number of benzene rings is 2. The Labute approximate surface area is 239 Å². The number of nitro groups is 1. The van der Waals surface area contributed by atoms with Gasteiger partial charge in [-0.1, -0.05) is 30.3 Å². The lowest BCUT2D eigenvalue weighted by molar-refractivity contribution is -0.384. The molecule has 2 N–H and O–H groups in total. The van der Waals surface area contributed by atoms with E-state index in [1.54, 1.807) is 39.8 Å². The lowest BCUT2D eigenvalue weighted by Crippen LogP contribution is -2.47. The Kier molecular flexibility index (Phi) is 9.74. The van der Waals surface area contributed by atoms with Crippen LogP contribution in [-0.2, 0) is 19.2 Å². The van der Waals surface area contributed by atoms with Crippen molar-refractivity contribution in [3.05, 3.63) is 92.8 Å². The standard InChI is InChI=1S/C30H37N5O6/c1-20(2)41-32-29(36)26-21(3)31-22(4)27(28(26)23-9-8-12-25(19-23)35(38)39)30(37)40-18-17-33-13-15-34(16-14-33)24-10-6-5-7-11-24/h5-12,19-20,28,31H,13-18H2,1-4H3,(H,32,36). The lowest BCUT2D eigenvalue weighted by atomic mass is 9.80. The van der Waals surface area contributed by atoms with Gasteiger partial charge in [-0.25, -0.2) is 10.3 Å². The van der Waals surface area contributed by atoms with Gasteiger partial charge < -0.3 is 15.0 Å². The number of hydroxylamine groups is 1. The van der Waals surface area contributed by atoms with Crippen LogP contribution in [0.2, 0.25) is 0 Å². The Morgan fingerprint density at radius 3 is 2.37 bits per heavy atom. The molecule has 0 aromatic heterocycles. The van der Waals surface area contributed by atoms with Gasteiger partial charge in [-0.3, -0.25) is 24.6 Å². The normalized spacial score (nSPS) is 17.9. The molecule has 1 saturated heterocycles. The molecule has 11 nitrogen and oxygen atoms in total. The van der Waals surface area contributed by atoms with Crippen LogP contribution in [0, 0.1) is 10.1 Å². The van der Waals surface area contributed by atoms with Crippen molar-refractivity contribution >= 4 is 23.3 Å². The summed E-state index contributed by atoms with van der Waals surface area (Å²) in [5, 5.41) is 14.7. The van der Waals surface area contributed by atoms with Gasteiger partial charge in [-0.15, -0.1) is 0 Å². The Morgan fingerprint density at radius 2 is 1.71 bits per heavy atom. The number of rotatable bonds is 10. The number of anilines is 1. The summed E-state index contributed by atoms with van der Waals surface area (Å²) in [7, 11) is 0. The number of para-hydroxylation sites is 1. The molecule has 11 heteroatoms. The molecule has 4 rings (SSSR count). The van der Waals surface area contributed by atoms with Crippen LogP contribution in [0.3, 0.4) is 0 Å². The highest BCUT2D eigenvalue weighted by Gasteiger charge is 2.38. The predicted octanol–water partition coefficient (Wildman–Crippen LogP) is 3.65. The Morgan fingerprint density at radius 1 is 1.02 bits per heavy atom. The zero-order valence-corrected chi connectivity index (χ0v) is 23.9. The van der Waals surface area contributed by atoms with E-state index in [9.17, 15) is 19.7 Å². The molecular weight excluding hydrogens is 526 g/mol. The summed E-state index contributed by atoms with van der Waals surface area (Å²) in [5.41, 5.74) is 5.39. The summed E-state index contributed by atoms with van der Waals surface area (Å²) >= 11 is 0. The first-order valence-electron chi connectivity index (χ1n) is 13.7. The van der Waals surface area contributed by atoms with Crippen molar-refractivity contribution in [2.45, 2.75) is 39.7 Å². The topological polar surface area (TPSA) is 126 Å². The summed E-state index contributed by atoms with van der Waals surface area (Å²) in [6.45, 7) is 11.2. The number of nitrogens with one attached hydrogen (secondary N) is 2. The summed E-state index contributed by atoms with van der Waals surface area (Å²) in [6.07, 6.45) is -0.274. The first kappa shape index (κ1) is 29.8. The van der Waals surface area contributed by atoms with Crippen LogP contribution in [0.1, 0.15) is 39.2 Å². The van der Waals surface area contributed by atoms with E-state index in [0.717, 1.165) is 26.2 Å². The van der Waals surface area contributed by atoms with Crippen LogP contribution < -0.4 is 15.7 Å². The molecule has 1 fully saturated rings. The van der Waals surface area contributed by atoms with E-state index in [1.807, 2.05) is 18.2 Å². The summed E-state index contributed by atoms with van der Waals surface area (Å²) in [4.78, 5) is 47.8. The summed E-state index contributed by atoms with van der Waals surface area (Å²) in [5.74, 6) is -2.03. The van der Waals surface area contributed by atoms with Crippen LogP contribution in [0.4, 0.5) is 11.4 Å². The first-order valence-corrected chi connectivity index (χ1v) is 13.7. The minimum atomic E-state index is -0.895. The van der Waals surface area contributed by atoms with Gasteiger partial charge in [0.1, 0.15) is 6.61 Å². The molecule has 1 amide bonds. The molecule has 0 saturated carbocycles. The van der Waals surface area contributed by atoms with Gasteiger partial charge >= 0.3 is 5.97 Å². The van der Waals surface area contributed by atoms with E-state index in [2.05, 4.69) is 32.7 Å². The zero-order valence-electron chi connectivity index (χ0n) is 23.9. The van der Waals surface area contributed by atoms with Crippen molar-refractivity contribution in [1.82, 2.24) is 15.7 Å². The van der Waals surface area contributed by atoms with E-state index in [4.69, 9.17) is 9.57 Å². The third-order valence-electron chi connectivity index (χ3n) is 7.16. The minimum absolute atomic E-state index is 0.142. The number of non-ortho nitro benzene ring substituents is 1. The van der Waals surface area contributed by atoms with Crippen molar-refractivity contribution in [3.63, 3.8) is 0 Å². The van der Waals surface area contributed by atoms with E-state index >= 15 is 0 Å². The SMILES string of the molecule is CC1=C(C(=O)NOC(C)C)C(c2cccc([N+](=O)[O-])c2)C(C(=O)OCCN2CCN(c3ccccc3)CC2)=C(C)N1. The molecule has 2 aromatic rings. The fraction of sp³-hybridized carbons (Fsp3) is 0.400. The van der Waals surface area contributed by atoms with Crippen molar-refractivity contribution in [1.29, 1.82) is 0 Å². The molecule has 1 atom stereocenters. The van der Waals surface area contributed by atoms with Crippen LogP contribution in [0.25, 0.3) is 0 Å². The molecule has 2 aromatic carbocycles. The molecule has 218 valence electrons. The molecule has 0 bridgehead atoms. The van der Waals surface area contributed by atoms with Crippen molar-refractivity contribution < 1.29 is 24.1 Å². The highest BCUT2D eigenvalue weighted by Crippen LogP contribution is 2.39. The van der Waals surface area contributed by atoms with Gasteiger partial charge in [-0.2, -0.15) is 0 Å². The number of piperazine rings is 1. The maximum absolute atomic E-state index is 13.6. The highest BCUT2D eigenvalue weighted by molar-refractivity contribution is 6.01. The number of amides is 1. The van der Waals surface area contributed by atoms with E-state index in [0.29, 0.717) is 23.5 Å². The predicted molar refractivity (Wildman–Crippen MR) is 155 cm³/mol. The monoisotopic (exact) mass is 563 g/mol. The Hall–Kier alpha value is -4.22. The third kappa shape index (κ3) is 7.30. The summed E-state index contributed by atoms with van der Waals surface area (Å²) in [6, 6.07) is 16.2. The zero-order chi connectivity index (χ0) is 29.5. The maximum Gasteiger partial charge on any atom is 0.336 e. The average molecular weight is 564 g/mol. The molecule has 0 spiro atoms. The number of ether oxygens (including phenoxy) is 1. The van der Waals surface area contributed by atoms with Gasteiger partial charge in [-0.05, 0) is 45.4 Å². The molecule has 0 radical (unpaired) electrons. The molecule has 2 aliphatic heterocycles. The second-order valence-electron chi connectivity index (χ2n) is 10.4. The van der Waals surface area contributed by atoms with Gasteiger partial charge in [0, 0.05) is 61.9 Å². The van der Waals surface area contributed by atoms with Gasteiger partial charge in [0.25, 0.3) is 11.6 Å². The lowest BCUT2D eigenvalue weighted by Gasteiger charge is -2.36. The van der Waals surface area contributed by atoms with Crippen molar-refractivity contribution in [2.24, 2.45) is 0 Å². The molecule has 41 heavy (non-hydrogen) atoms. The molecule has 0 aliphatic carbocycles. The number of esters is 1. The fourth-order valence-corrected chi connectivity index (χ4v) is 5.16. The molecule has 1 unspecified atom stereocenters. The van der Waals surface area contributed by atoms with Crippen LogP contribution in [-0.4, -0.2) is 67.1 Å². The summed E-state index contributed by atoms with van der Waals surface area (Å²) < 4.78 is 5.75. The first-order chi connectivity index (χ1) is 19.7. The van der Waals surface area contributed by atoms with Crippen LogP contribution >= 0.6 is 0 Å². The van der Waals surface area contributed by atoms with Crippen LogP contribution in [0.15, 0.2) is 77.1 Å². The second-order valence-corrected chi connectivity index (χ2v) is 10.4. The van der Waals surface area contributed by atoms with E-state index < -0.39 is 22.7 Å². The fourth-order valence-electron chi connectivity index (χ4n) is 5.16. The smallest absolute Gasteiger partial charge is 0.336 e. The molecule has 2 aliphatic rings. The van der Waals surface area contributed by atoms with Gasteiger partial charge in [0.05, 0.1) is 28.1 Å². The minimum Gasteiger partial charge on any atom is -0.461 e. The average Bonchev–Trinajstić information content (AvgIpc) is 2.96. The largest absolute Gasteiger partial charge is 0.461 e. The van der Waals surface area contributed by atoms with Gasteiger partial charge in [0.15, 0.2) is 0 Å². The Balaban J connectivity index is 1.49. The molecular formula is C30H37N5O6. The van der Waals surface area contributed by atoms with Crippen LogP contribution in [0.5, 0.6) is 0 Å². The number of allylic oxidation sites excluding steroid dienone is 2. The second kappa shape index (κ2) is 13.4. The number of nitro benzene ring substituents is 1. The number of carbonyl (C=O) groups excluding carboxylic acids is 2. The number of dihydropyridines is 1. The Bertz CT molecular complexity index is 1330. The van der Waals surface area contributed by atoms with Gasteiger partial charge in [0.2, 0.25) is 0 Å². The van der Waals surface area contributed by atoms with E-state index in [1.165, 1.54) is 17.8 Å². The highest BCUT2D eigenvalue weighted by atomic mass is 16.7. The maximum atomic E-state index is 13.6. The van der Waals surface area contributed by atoms with E-state index in [-0.39, 0.29) is 29.5 Å². The number of hydrogen-bond acceptors (Lipinski definition) is 9.